The fraction of sp³-hybridized carbons (Fsp3) is 0.619. The summed E-state index contributed by atoms with van der Waals surface area (Å²) >= 11 is 5.96. The van der Waals surface area contributed by atoms with Gasteiger partial charge >= 0.3 is 0 Å². The number of piperazine rings is 1. The van der Waals surface area contributed by atoms with Crippen LogP contribution in [0.1, 0.15) is 51.5 Å². The van der Waals surface area contributed by atoms with Crippen LogP contribution in [0.4, 0.5) is 0 Å². The van der Waals surface area contributed by atoms with Crippen LogP contribution in [-0.4, -0.2) is 47.8 Å². The Labute approximate surface area is 161 Å². The number of halogens is 1. The number of hydrogen-bond donors (Lipinski definition) is 0. The monoisotopic (exact) mass is 376 g/mol. The van der Waals surface area contributed by atoms with Crippen LogP contribution in [0.25, 0.3) is 0 Å². The highest BCUT2D eigenvalue weighted by atomic mass is 35.5. The van der Waals surface area contributed by atoms with Gasteiger partial charge in [0.1, 0.15) is 0 Å². The topological polar surface area (TPSA) is 40.6 Å². The van der Waals surface area contributed by atoms with E-state index in [9.17, 15) is 9.59 Å². The Morgan fingerprint density at radius 3 is 2.12 bits per heavy atom. The van der Waals surface area contributed by atoms with Gasteiger partial charge in [-0.15, -0.1) is 0 Å². The lowest BCUT2D eigenvalue weighted by atomic mass is 9.83. The third-order valence-corrected chi connectivity index (χ3v) is 6.21. The highest BCUT2D eigenvalue weighted by Crippen LogP contribution is 2.29. The van der Waals surface area contributed by atoms with E-state index in [1.807, 2.05) is 47.9 Å². The van der Waals surface area contributed by atoms with Crippen LogP contribution < -0.4 is 0 Å². The van der Waals surface area contributed by atoms with E-state index in [1.165, 1.54) is 25.7 Å². The van der Waals surface area contributed by atoms with E-state index in [0.29, 0.717) is 43.5 Å². The number of nitrogens with zero attached hydrogens (tertiary/aromatic N) is 2. The van der Waals surface area contributed by atoms with Crippen LogP contribution in [0.15, 0.2) is 24.3 Å². The number of carbonyl (C=O) groups is 2. The first-order chi connectivity index (χ1) is 12.4. The molecule has 3 rings (SSSR count). The fourth-order valence-electron chi connectivity index (χ4n) is 4.13. The summed E-state index contributed by atoms with van der Waals surface area (Å²) in [5.41, 5.74) is 0.368. The van der Waals surface area contributed by atoms with Crippen molar-refractivity contribution in [3.63, 3.8) is 0 Å². The molecule has 1 heterocycles. The van der Waals surface area contributed by atoms with E-state index in [-0.39, 0.29) is 11.8 Å². The van der Waals surface area contributed by atoms with Crippen molar-refractivity contribution in [1.82, 2.24) is 9.80 Å². The van der Waals surface area contributed by atoms with E-state index >= 15 is 0 Å². The average Bonchev–Trinajstić information content (AvgIpc) is 3.14. The molecule has 2 aliphatic rings. The molecular formula is C21H29ClN2O2. The largest absolute Gasteiger partial charge is 0.339 e. The first kappa shape index (κ1) is 19.2. The number of carbonyl (C=O) groups excluding carboxylic acids is 2. The molecular weight excluding hydrogens is 348 g/mol. The quantitative estimate of drug-likeness (QED) is 0.800. The summed E-state index contributed by atoms with van der Waals surface area (Å²) in [4.78, 5) is 29.4. The third kappa shape index (κ3) is 4.22. The Hall–Kier alpha value is -1.55. The molecule has 26 heavy (non-hydrogen) atoms. The summed E-state index contributed by atoms with van der Waals surface area (Å²) in [5.74, 6) is 0.953. The Kier molecular flexibility index (Phi) is 5.91. The predicted molar refractivity (Wildman–Crippen MR) is 104 cm³/mol. The normalized spacial score (nSPS) is 19.0. The minimum absolute atomic E-state index is 0.114. The molecule has 0 atom stereocenters. The van der Waals surface area contributed by atoms with Crippen molar-refractivity contribution in [2.45, 2.75) is 51.4 Å². The van der Waals surface area contributed by atoms with Gasteiger partial charge in [0.2, 0.25) is 11.8 Å². The van der Waals surface area contributed by atoms with E-state index in [2.05, 4.69) is 0 Å². The zero-order valence-corrected chi connectivity index (χ0v) is 16.6. The van der Waals surface area contributed by atoms with Gasteiger partial charge in [-0.25, -0.2) is 0 Å². The molecule has 0 bridgehead atoms. The molecule has 2 fully saturated rings. The molecule has 0 aromatic heterocycles. The maximum atomic E-state index is 13.0. The summed E-state index contributed by atoms with van der Waals surface area (Å²) in [6.45, 7) is 6.44. The van der Waals surface area contributed by atoms with Gasteiger partial charge in [-0.1, -0.05) is 36.6 Å². The van der Waals surface area contributed by atoms with Crippen molar-refractivity contribution in [2.75, 3.05) is 26.2 Å². The molecule has 1 aromatic rings. The molecule has 0 spiro atoms. The smallest absolute Gasteiger partial charge is 0.232 e. The fourth-order valence-corrected chi connectivity index (χ4v) is 4.26. The van der Waals surface area contributed by atoms with E-state index in [4.69, 9.17) is 11.6 Å². The highest BCUT2D eigenvalue weighted by Gasteiger charge is 2.36. The molecule has 2 amide bonds. The van der Waals surface area contributed by atoms with E-state index < -0.39 is 5.41 Å². The summed E-state index contributed by atoms with van der Waals surface area (Å²) < 4.78 is 0. The SMILES string of the molecule is CC(C)(C(=O)N1CCN(C(=O)CC2CCCC2)CC1)c1ccc(Cl)cc1. The van der Waals surface area contributed by atoms with E-state index in [0.717, 1.165) is 5.56 Å². The van der Waals surface area contributed by atoms with Gasteiger partial charge in [-0.2, -0.15) is 0 Å². The van der Waals surface area contributed by atoms with Crippen molar-refractivity contribution in [3.8, 4) is 0 Å². The summed E-state index contributed by atoms with van der Waals surface area (Å²) in [6, 6.07) is 7.49. The lowest BCUT2D eigenvalue weighted by Gasteiger charge is -2.39. The van der Waals surface area contributed by atoms with Gasteiger partial charge in [0.05, 0.1) is 5.41 Å². The second-order valence-electron chi connectivity index (χ2n) is 8.16. The summed E-state index contributed by atoms with van der Waals surface area (Å²) in [7, 11) is 0. The maximum absolute atomic E-state index is 13.0. The maximum Gasteiger partial charge on any atom is 0.232 e. The first-order valence-electron chi connectivity index (χ1n) is 9.71. The molecule has 1 saturated heterocycles. The Morgan fingerprint density at radius 1 is 1.00 bits per heavy atom. The third-order valence-electron chi connectivity index (χ3n) is 5.96. The number of amides is 2. The van der Waals surface area contributed by atoms with Gasteiger partial charge in [-0.3, -0.25) is 9.59 Å². The molecule has 4 nitrogen and oxygen atoms in total. The number of benzene rings is 1. The number of rotatable bonds is 4. The molecule has 1 aromatic carbocycles. The van der Waals surface area contributed by atoms with Crippen LogP contribution in [0, 0.1) is 5.92 Å². The molecule has 1 aliphatic carbocycles. The van der Waals surface area contributed by atoms with Crippen LogP contribution in [0.2, 0.25) is 5.02 Å². The molecule has 1 aliphatic heterocycles. The zero-order chi connectivity index (χ0) is 18.7. The Morgan fingerprint density at radius 2 is 1.54 bits per heavy atom. The van der Waals surface area contributed by atoms with Crippen LogP contribution >= 0.6 is 11.6 Å². The predicted octanol–water partition coefficient (Wildman–Crippen LogP) is 3.87. The van der Waals surface area contributed by atoms with Crippen molar-refractivity contribution >= 4 is 23.4 Å². The standard InChI is InChI=1S/C21H29ClN2O2/c1-21(2,17-7-9-18(22)10-8-17)20(26)24-13-11-23(12-14-24)19(25)15-16-5-3-4-6-16/h7-10,16H,3-6,11-15H2,1-2H3. The van der Waals surface area contributed by atoms with Crippen LogP contribution in [0.3, 0.4) is 0 Å². The highest BCUT2D eigenvalue weighted by molar-refractivity contribution is 6.30. The van der Waals surface area contributed by atoms with Gasteiger partial charge in [0.15, 0.2) is 0 Å². The second-order valence-corrected chi connectivity index (χ2v) is 8.60. The second kappa shape index (κ2) is 7.99. The minimum Gasteiger partial charge on any atom is -0.339 e. The molecule has 0 N–H and O–H groups in total. The van der Waals surface area contributed by atoms with Crippen LogP contribution in [0.5, 0.6) is 0 Å². The van der Waals surface area contributed by atoms with Gasteiger partial charge in [0.25, 0.3) is 0 Å². The lowest BCUT2D eigenvalue weighted by Crippen LogP contribution is -2.54. The van der Waals surface area contributed by atoms with Crippen molar-refractivity contribution < 1.29 is 9.59 Å². The van der Waals surface area contributed by atoms with Gasteiger partial charge < -0.3 is 9.80 Å². The molecule has 5 heteroatoms. The Balaban J connectivity index is 1.55. The van der Waals surface area contributed by atoms with E-state index in [1.54, 1.807) is 0 Å². The molecule has 1 saturated carbocycles. The average molecular weight is 377 g/mol. The molecule has 142 valence electrons. The minimum atomic E-state index is -0.597. The molecule has 0 radical (unpaired) electrons. The van der Waals surface area contributed by atoms with Crippen LogP contribution in [-0.2, 0) is 15.0 Å². The van der Waals surface area contributed by atoms with Gasteiger partial charge in [0, 0.05) is 37.6 Å². The van der Waals surface area contributed by atoms with Crippen molar-refractivity contribution in [2.24, 2.45) is 5.92 Å². The molecule has 0 unspecified atom stereocenters. The lowest BCUT2D eigenvalue weighted by molar-refractivity contribution is -0.143. The van der Waals surface area contributed by atoms with Crippen molar-refractivity contribution in [1.29, 1.82) is 0 Å². The Bertz CT molecular complexity index is 642. The summed E-state index contributed by atoms with van der Waals surface area (Å²) in [5, 5.41) is 0.673. The first-order valence-corrected chi connectivity index (χ1v) is 10.1. The van der Waals surface area contributed by atoms with Crippen molar-refractivity contribution in [3.05, 3.63) is 34.9 Å². The van der Waals surface area contributed by atoms with Gasteiger partial charge in [-0.05, 0) is 50.3 Å². The number of hydrogen-bond acceptors (Lipinski definition) is 2. The summed E-state index contributed by atoms with van der Waals surface area (Å²) in [6.07, 6.45) is 5.60. The zero-order valence-electron chi connectivity index (χ0n) is 15.8.